The van der Waals surface area contributed by atoms with Gasteiger partial charge in [-0.1, -0.05) is 71.6 Å². The van der Waals surface area contributed by atoms with E-state index in [1.807, 2.05) is 0 Å². The van der Waals surface area contributed by atoms with Crippen molar-refractivity contribution in [2.24, 2.45) is 23.2 Å². The molecule has 2 aliphatic rings. The number of hydrogen-bond donors (Lipinski definition) is 0. The highest BCUT2D eigenvalue weighted by atomic mass is 14.5. The van der Waals surface area contributed by atoms with Gasteiger partial charge >= 0.3 is 0 Å². The van der Waals surface area contributed by atoms with Gasteiger partial charge in [0.1, 0.15) is 0 Å². The molecule has 2 aliphatic carbocycles. The third-order valence-corrected chi connectivity index (χ3v) is 6.63. The Morgan fingerprint density at radius 1 is 0.955 bits per heavy atom. The molecule has 0 amide bonds. The molecule has 2 fully saturated rings. The molecule has 22 heavy (non-hydrogen) atoms. The van der Waals surface area contributed by atoms with Gasteiger partial charge in [-0.25, -0.2) is 0 Å². The molecule has 2 saturated carbocycles. The molecule has 0 spiro atoms. The Morgan fingerprint density at radius 2 is 1.73 bits per heavy atom. The first-order valence-corrected chi connectivity index (χ1v) is 10.1. The van der Waals surface area contributed by atoms with Gasteiger partial charge in [-0.3, -0.25) is 0 Å². The van der Waals surface area contributed by atoms with Crippen molar-refractivity contribution in [1.82, 2.24) is 0 Å². The highest BCUT2D eigenvalue weighted by Crippen LogP contribution is 2.48. The first kappa shape index (κ1) is 17.8. The molecular formula is C21H37N. The smallest absolute Gasteiger partial charge is 0.0689 e. The second-order valence-electron chi connectivity index (χ2n) is 8.28. The number of rotatable bonds is 7. The zero-order valence-corrected chi connectivity index (χ0v) is 15.1. The molecule has 0 heterocycles. The predicted molar refractivity (Wildman–Crippen MR) is 94.5 cm³/mol. The summed E-state index contributed by atoms with van der Waals surface area (Å²) >= 11 is 0. The standard InChI is InChI=1S/C21H37N/c1-3-5-6-14-21(17-22)15-7-9-20(16-21)19-12-10-18(8-4-2)11-13-19/h18-20H,3-16H2,1-2H3. The van der Waals surface area contributed by atoms with E-state index in [2.05, 4.69) is 19.9 Å². The molecule has 0 radical (unpaired) electrons. The van der Waals surface area contributed by atoms with E-state index < -0.39 is 0 Å². The molecule has 0 aliphatic heterocycles. The van der Waals surface area contributed by atoms with Crippen molar-refractivity contribution in [2.45, 2.75) is 104 Å². The molecule has 0 aromatic carbocycles. The van der Waals surface area contributed by atoms with Gasteiger partial charge in [0.2, 0.25) is 0 Å². The van der Waals surface area contributed by atoms with Gasteiger partial charge in [0, 0.05) is 0 Å². The van der Waals surface area contributed by atoms with Crippen LogP contribution in [0.3, 0.4) is 0 Å². The zero-order chi connectivity index (χ0) is 15.8. The maximum Gasteiger partial charge on any atom is 0.0689 e. The molecule has 0 bridgehead atoms. The van der Waals surface area contributed by atoms with Gasteiger partial charge in [-0.15, -0.1) is 0 Å². The molecule has 1 nitrogen and oxygen atoms in total. The van der Waals surface area contributed by atoms with Crippen LogP contribution in [0.25, 0.3) is 0 Å². The minimum absolute atomic E-state index is 0.0400. The molecule has 0 saturated heterocycles. The fourth-order valence-corrected chi connectivity index (χ4v) is 5.27. The Balaban J connectivity index is 1.86. The van der Waals surface area contributed by atoms with Crippen LogP contribution in [0.15, 0.2) is 0 Å². The lowest BCUT2D eigenvalue weighted by molar-refractivity contribution is 0.103. The minimum Gasteiger partial charge on any atom is -0.198 e. The van der Waals surface area contributed by atoms with Crippen molar-refractivity contribution in [1.29, 1.82) is 5.26 Å². The van der Waals surface area contributed by atoms with E-state index >= 15 is 0 Å². The summed E-state index contributed by atoms with van der Waals surface area (Å²) in [4.78, 5) is 0. The van der Waals surface area contributed by atoms with Gasteiger partial charge in [0.05, 0.1) is 11.5 Å². The molecule has 0 N–H and O–H groups in total. The van der Waals surface area contributed by atoms with E-state index in [9.17, 15) is 5.26 Å². The van der Waals surface area contributed by atoms with E-state index in [0.717, 1.165) is 17.8 Å². The van der Waals surface area contributed by atoms with Crippen LogP contribution >= 0.6 is 0 Å². The molecule has 0 aromatic rings. The lowest BCUT2D eigenvalue weighted by atomic mass is 9.62. The van der Waals surface area contributed by atoms with Gasteiger partial charge in [0.25, 0.3) is 0 Å². The molecule has 0 aromatic heterocycles. The highest BCUT2D eigenvalue weighted by Gasteiger charge is 2.39. The second kappa shape index (κ2) is 8.95. The van der Waals surface area contributed by atoms with Crippen LogP contribution in [0.2, 0.25) is 0 Å². The monoisotopic (exact) mass is 303 g/mol. The third kappa shape index (κ3) is 4.74. The van der Waals surface area contributed by atoms with Crippen molar-refractivity contribution in [3.63, 3.8) is 0 Å². The Kier molecular flexibility index (Phi) is 7.26. The average Bonchev–Trinajstić information content (AvgIpc) is 2.56. The first-order valence-electron chi connectivity index (χ1n) is 10.1. The summed E-state index contributed by atoms with van der Waals surface area (Å²) in [5.41, 5.74) is 0.0400. The lowest BCUT2D eigenvalue weighted by Crippen LogP contribution is -2.32. The summed E-state index contributed by atoms with van der Waals surface area (Å²) in [5, 5.41) is 9.82. The highest BCUT2D eigenvalue weighted by molar-refractivity contribution is 5.03. The Morgan fingerprint density at radius 3 is 2.36 bits per heavy atom. The van der Waals surface area contributed by atoms with E-state index in [-0.39, 0.29) is 5.41 Å². The molecular weight excluding hydrogens is 266 g/mol. The largest absolute Gasteiger partial charge is 0.198 e. The van der Waals surface area contributed by atoms with Crippen LogP contribution < -0.4 is 0 Å². The Hall–Kier alpha value is -0.510. The third-order valence-electron chi connectivity index (χ3n) is 6.63. The van der Waals surface area contributed by atoms with E-state index in [1.165, 1.54) is 89.9 Å². The van der Waals surface area contributed by atoms with Crippen LogP contribution in [-0.2, 0) is 0 Å². The van der Waals surface area contributed by atoms with E-state index in [4.69, 9.17) is 0 Å². The van der Waals surface area contributed by atoms with Gasteiger partial charge in [-0.2, -0.15) is 5.26 Å². The number of nitrogens with zero attached hydrogens (tertiary/aromatic N) is 1. The van der Waals surface area contributed by atoms with Crippen LogP contribution in [0.5, 0.6) is 0 Å². The predicted octanol–water partition coefficient (Wildman–Crippen LogP) is 6.87. The van der Waals surface area contributed by atoms with Gasteiger partial charge < -0.3 is 0 Å². The number of nitriles is 1. The van der Waals surface area contributed by atoms with E-state index in [1.54, 1.807) is 0 Å². The van der Waals surface area contributed by atoms with Crippen LogP contribution in [0, 0.1) is 34.5 Å². The fraction of sp³-hybridized carbons (Fsp3) is 0.952. The van der Waals surface area contributed by atoms with Crippen LogP contribution in [0.4, 0.5) is 0 Å². The Labute approximate surface area is 138 Å². The Bertz CT molecular complexity index is 347. The summed E-state index contributed by atoms with van der Waals surface area (Å²) in [6.07, 6.45) is 18.7. The van der Waals surface area contributed by atoms with Crippen molar-refractivity contribution < 1.29 is 0 Å². The minimum atomic E-state index is 0.0400. The SMILES string of the molecule is CCCCCC1(C#N)CCCC(C2CCC(CCC)CC2)C1. The van der Waals surface area contributed by atoms with Crippen molar-refractivity contribution in [3.8, 4) is 6.07 Å². The van der Waals surface area contributed by atoms with Crippen LogP contribution in [0.1, 0.15) is 104 Å². The fourth-order valence-electron chi connectivity index (χ4n) is 5.27. The molecule has 1 heteroatoms. The first-order chi connectivity index (χ1) is 10.7. The quantitative estimate of drug-likeness (QED) is 0.470. The van der Waals surface area contributed by atoms with Crippen LogP contribution in [-0.4, -0.2) is 0 Å². The van der Waals surface area contributed by atoms with Gasteiger partial charge in [0.15, 0.2) is 0 Å². The molecule has 2 unspecified atom stereocenters. The average molecular weight is 304 g/mol. The van der Waals surface area contributed by atoms with Crippen molar-refractivity contribution >= 4 is 0 Å². The molecule has 2 atom stereocenters. The summed E-state index contributed by atoms with van der Waals surface area (Å²) in [5.74, 6) is 2.81. The molecule has 2 rings (SSSR count). The maximum atomic E-state index is 9.82. The topological polar surface area (TPSA) is 23.8 Å². The summed E-state index contributed by atoms with van der Waals surface area (Å²) < 4.78 is 0. The van der Waals surface area contributed by atoms with Gasteiger partial charge in [-0.05, 0) is 49.9 Å². The normalized spacial score (nSPS) is 36.0. The summed E-state index contributed by atoms with van der Waals surface area (Å²) in [6, 6.07) is 2.77. The zero-order valence-electron chi connectivity index (χ0n) is 15.1. The summed E-state index contributed by atoms with van der Waals surface area (Å²) in [6.45, 7) is 4.59. The second-order valence-corrected chi connectivity index (χ2v) is 8.28. The maximum absolute atomic E-state index is 9.82. The van der Waals surface area contributed by atoms with Crippen molar-refractivity contribution in [3.05, 3.63) is 0 Å². The summed E-state index contributed by atoms with van der Waals surface area (Å²) in [7, 11) is 0. The van der Waals surface area contributed by atoms with Crippen molar-refractivity contribution in [2.75, 3.05) is 0 Å². The number of hydrogen-bond acceptors (Lipinski definition) is 1. The molecule has 126 valence electrons. The van der Waals surface area contributed by atoms with E-state index in [0.29, 0.717) is 0 Å². The number of unbranched alkanes of at least 4 members (excludes halogenated alkanes) is 2. The lowest BCUT2D eigenvalue weighted by Gasteiger charge is -2.42.